The normalized spacial score (nSPS) is 19.2. The van der Waals surface area contributed by atoms with Crippen LogP contribution in [0.1, 0.15) is 24.1 Å². The summed E-state index contributed by atoms with van der Waals surface area (Å²) in [6.45, 7) is 6.90. The first-order chi connectivity index (χ1) is 8.31. The van der Waals surface area contributed by atoms with Crippen molar-refractivity contribution in [3.8, 4) is 0 Å². The minimum Gasteiger partial charge on any atom is -0.396 e. The summed E-state index contributed by atoms with van der Waals surface area (Å²) in [5.41, 5.74) is 2.59. The number of nitrogens with zero attached hydrogens (tertiary/aromatic N) is 1. The number of hydrogen-bond donors (Lipinski definition) is 2. The van der Waals surface area contributed by atoms with E-state index in [9.17, 15) is 0 Å². The highest BCUT2D eigenvalue weighted by molar-refractivity contribution is 5.26. The SMILES string of the molecule is CC(c1cccc(CCO)c1)N1CCNCC1. The minimum atomic E-state index is 0.228. The van der Waals surface area contributed by atoms with Crippen molar-refractivity contribution in [1.82, 2.24) is 10.2 Å². The average Bonchev–Trinajstić information content (AvgIpc) is 2.40. The summed E-state index contributed by atoms with van der Waals surface area (Å²) in [6.07, 6.45) is 0.752. The smallest absolute Gasteiger partial charge is 0.0471 e. The molecule has 0 aromatic heterocycles. The standard InChI is InChI=1S/C14H22N2O/c1-12(16-8-6-15-7-9-16)14-4-2-3-13(11-14)5-10-17/h2-4,11-12,15,17H,5-10H2,1H3. The molecule has 94 valence electrons. The van der Waals surface area contributed by atoms with E-state index in [4.69, 9.17) is 5.11 Å². The molecule has 0 radical (unpaired) electrons. The van der Waals surface area contributed by atoms with Crippen molar-refractivity contribution in [3.05, 3.63) is 35.4 Å². The molecule has 2 N–H and O–H groups in total. The molecule has 1 aliphatic rings. The van der Waals surface area contributed by atoms with Crippen LogP contribution in [0.4, 0.5) is 0 Å². The molecule has 0 spiro atoms. The van der Waals surface area contributed by atoms with E-state index in [1.165, 1.54) is 11.1 Å². The quantitative estimate of drug-likeness (QED) is 0.821. The lowest BCUT2D eigenvalue weighted by molar-refractivity contribution is 0.185. The Kier molecular flexibility index (Phi) is 4.54. The fraction of sp³-hybridized carbons (Fsp3) is 0.571. The molecule has 1 unspecified atom stereocenters. The molecular weight excluding hydrogens is 212 g/mol. The number of piperazine rings is 1. The third kappa shape index (κ3) is 3.28. The lowest BCUT2D eigenvalue weighted by atomic mass is 10.0. The molecule has 1 heterocycles. The van der Waals surface area contributed by atoms with Crippen molar-refractivity contribution in [2.24, 2.45) is 0 Å². The Morgan fingerprint density at radius 1 is 1.35 bits per heavy atom. The molecule has 1 aliphatic heterocycles. The van der Waals surface area contributed by atoms with Gasteiger partial charge >= 0.3 is 0 Å². The van der Waals surface area contributed by atoms with Crippen LogP contribution in [0.15, 0.2) is 24.3 Å². The average molecular weight is 234 g/mol. The van der Waals surface area contributed by atoms with Crippen molar-refractivity contribution < 1.29 is 5.11 Å². The fourth-order valence-electron chi connectivity index (χ4n) is 2.42. The maximum atomic E-state index is 8.98. The summed E-state index contributed by atoms with van der Waals surface area (Å²) in [4.78, 5) is 2.51. The van der Waals surface area contributed by atoms with Crippen molar-refractivity contribution >= 4 is 0 Å². The fourth-order valence-corrected chi connectivity index (χ4v) is 2.42. The second-order valence-electron chi connectivity index (χ2n) is 4.68. The van der Waals surface area contributed by atoms with E-state index >= 15 is 0 Å². The highest BCUT2D eigenvalue weighted by Gasteiger charge is 2.17. The van der Waals surface area contributed by atoms with Gasteiger partial charge in [0.25, 0.3) is 0 Å². The molecule has 1 atom stereocenters. The molecule has 1 aromatic carbocycles. The molecule has 1 aromatic rings. The van der Waals surface area contributed by atoms with Gasteiger partial charge in [-0.3, -0.25) is 4.90 Å². The lowest BCUT2D eigenvalue weighted by Crippen LogP contribution is -2.44. The highest BCUT2D eigenvalue weighted by atomic mass is 16.2. The zero-order chi connectivity index (χ0) is 12.1. The Morgan fingerprint density at radius 3 is 2.82 bits per heavy atom. The Bertz CT molecular complexity index is 348. The maximum absolute atomic E-state index is 8.98. The van der Waals surface area contributed by atoms with Gasteiger partial charge in [0.1, 0.15) is 0 Å². The Hall–Kier alpha value is -0.900. The molecule has 1 saturated heterocycles. The van der Waals surface area contributed by atoms with Crippen LogP contribution in [0, 0.1) is 0 Å². The van der Waals surface area contributed by atoms with Crippen LogP contribution in [0.25, 0.3) is 0 Å². The summed E-state index contributed by atoms with van der Waals surface area (Å²) in [7, 11) is 0. The molecule has 0 amide bonds. The van der Waals surface area contributed by atoms with Gasteiger partial charge in [0.05, 0.1) is 0 Å². The van der Waals surface area contributed by atoms with Crippen molar-refractivity contribution in [2.75, 3.05) is 32.8 Å². The van der Waals surface area contributed by atoms with E-state index in [2.05, 4.69) is 41.4 Å². The van der Waals surface area contributed by atoms with Crippen LogP contribution >= 0.6 is 0 Å². The second kappa shape index (κ2) is 6.15. The number of aliphatic hydroxyl groups is 1. The molecule has 0 bridgehead atoms. The number of aliphatic hydroxyl groups excluding tert-OH is 1. The summed E-state index contributed by atoms with van der Waals surface area (Å²) in [5.74, 6) is 0. The van der Waals surface area contributed by atoms with Crippen molar-refractivity contribution in [2.45, 2.75) is 19.4 Å². The number of nitrogens with one attached hydrogen (secondary N) is 1. The maximum Gasteiger partial charge on any atom is 0.0471 e. The summed E-state index contributed by atoms with van der Waals surface area (Å²) >= 11 is 0. The monoisotopic (exact) mass is 234 g/mol. The van der Waals surface area contributed by atoms with Crippen LogP contribution in [0.2, 0.25) is 0 Å². The van der Waals surface area contributed by atoms with Crippen LogP contribution in [-0.4, -0.2) is 42.8 Å². The first-order valence-electron chi connectivity index (χ1n) is 6.45. The second-order valence-corrected chi connectivity index (χ2v) is 4.68. The Morgan fingerprint density at radius 2 is 2.12 bits per heavy atom. The van der Waals surface area contributed by atoms with Gasteiger partial charge in [-0.2, -0.15) is 0 Å². The van der Waals surface area contributed by atoms with E-state index in [-0.39, 0.29) is 6.61 Å². The van der Waals surface area contributed by atoms with E-state index in [0.717, 1.165) is 32.6 Å². The Labute approximate surface area is 103 Å². The molecule has 3 nitrogen and oxygen atoms in total. The van der Waals surface area contributed by atoms with Gasteiger partial charge in [-0.15, -0.1) is 0 Å². The summed E-state index contributed by atoms with van der Waals surface area (Å²) in [5, 5.41) is 12.4. The molecule has 3 heteroatoms. The first kappa shape index (κ1) is 12.6. The number of rotatable bonds is 4. The molecule has 0 saturated carbocycles. The summed E-state index contributed by atoms with van der Waals surface area (Å²) < 4.78 is 0. The summed E-state index contributed by atoms with van der Waals surface area (Å²) in [6, 6.07) is 9.07. The van der Waals surface area contributed by atoms with E-state index in [1.54, 1.807) is 0 Å². The third-order valence-electron chi connectivity index (χ3n) is 3.53. The van der Waals surface area contributed by atoms with E-state index in [0.29, 0.717) is 6.04 Å². The van der Waals surface area contributed by atoms with Gasteiger partial charge in [0.15, 0.2) is 0 Å². The molecule has 0 aliphatic carbocycles. The predicted octanol–water partition coefficient (Wildman–Crippen LogP) is 1.19. The van der Waals surface area contributed by atoms with Gasteiger partial charge < -0.3 is 10.4 Å². The Balaban J connectivity index is 2.06. The molecule has 17 heavy (non-hydrogen) atoms. The van der Waals surface area contributed by atoms with E-state index in [1.807, 2.05) is 0 Å². The predicted molar refractivity (Wildman–Crippen MR) is 70.1 cm³/mol. The van der Waals surface area contributed by atoms with Crippen LogP contribution in [-0.2, 0) is 6.42 Å². The molecular formula is C14H22N2O. The van der Waals surface area contributed by atoms with E-state index < -0.39 is 0 Å². The minimum absolute atomic E-state index is 0.228. The zero-order valence-electron chi connectivity index (χ0n) is 10.5. The molecule has 2 rings (SSSR count). The lowest BCUT2D eigenvalue weighted by Gasteiger charge is -2.33. The van der Waals surface area contributed by atoms with Gasteiger partial charge in [-0.05, 0) is 24.5 Å². The van der Waals surface area contributed by atoms with Crippen molar-refractivity contribution in [3.63, 3.8) is 0 Å². The van der Waals surface area contributed by atoms with Gasteiger partial charge in [-0.25, -0.2) is 0 Å². The zero-order valence-corrected chi connectivity index (χ0v) is 10.5. The first-order valence-corrected chi connectivity index (χ1v) is 6.45. The van der Waals surface area contributed by atoms with Gasteiger partial charge in [0.2, 0.25) is 0 Å². The van der Waals surface area contributed by atoms with Gasteiger partial charge in [-0.1, -0.05) is 24.3 Å². The van der Waals surface area contributed by atoms with Gasteiger partial charge in [0, 0.05) is 38.8 Å². The highest BCUT2D eigenvalue weighted by Crippen LogP contribution is 2.21. The van der Waals surface area contributed by atoms with Crippen LogP contribution < -0.4 is 5.32 Å². The third-order valence-corrected chi connectivity index (χ3v) is 3.53. The topological polar surface area (TPSA) is 35.5 Å². The van der Waals surface area contributed by atoms with Crippen LogP contribution in [0.5, 0.6) is 0 Å². The molecule has 1 fully saturated rings. The van der Waals surface area contributed by atoms with Crippen molar-refractivity contribution in [1.29, 1.82) is 0 Å². The van der Waals surface area contributed by atoms with Crippen LogP contribution in [0.3, 0.4) is 0 Å². The largest absolute Gasteiger partial charge is 0.396 e. The number of hydrogen-bond acceptors (Lipinski definition) is 3. The number of benzene rings is 1.